The Bertz CT molecular complexity index is 386. The van der Waals surface area contributed by atoms with Crippen molar-refractivity contribution in [2.75, 3.05) is 20.1 Å². The third-order valence-corrected chi connectivity index (χ3v) is 4.43. The molecule has 1 aromatic heterocycles. The second kappa shape index (κ2) is 5.85. The van der Waals surface area contributed by atoms with Gasteiger partial charge < -0.3 is 5.32 Å². The summed E-state index contributed by atoms with van der Waals surface area (Å²) >= 11 is 7.55. The van der Waals surface area contributed by atoms with Gasteiger partial charge in [0.05, 0.1) is 4.34 Å². The van der Waals surface area contributed by atoms with E-state index in [1.165, 1.54) is 4.88 Å². The first-order chi connectivity index (χ1) is 8.19. The smallest absolute Gasteiger partial charge is 0.222 e. The molecule has 1 aliphatic rings. The monoisotopic (exact) mass is 272 g/mol. The lowest BCUT2D eigenvalue weighted by Crippen LogP contribution is -2.39. The van der Waals surface area contributed by atoms with E-state index in [2.05, 4.69) is 16.3 Å². The van der Waals surface area contributed by atoms with Crippen LogP contribution in [0.15, 0.2) is 12.1 Å². The Morgan fingerprint density at radius 1 is 1.53 bits per heavy atom. The molecule has 94 valence electrons. The van der Waals surface area contributed by atoms with Gasteiger partial charge >= 0.3 is 0 Å². The normalized spacial score (nSPS) is 18.2. The minimum atomic E-state index is 0.184. The van der Waals surface area contributed by atoms with Crippen LogP contribution in [0.1, 0.15) is 17.7 Å². The Hall–Kier alpha value is -0.580. The van der Waals surface area contributed by atoms with Gasteiger partial charge in [0, 0.05) is 24.4 Å². The summed E-state index contributed by atoms with van der Waals surface area (Å²) in [4.78, 5) is 15.2. The predicted molar refractivity (Wildman–Crippen MR) is 71.4 cm³/mol. The maximum Gasteiger partial charge on any atom is 0.222 e. The highest BCUT2D eigenvalue weighted by molar-refractivity contribution is 7.16. The number of thiophene rings is 1. The molecule has 1 amide bonds. The van der Waals surface area contributed by atoms with Crippen molar-refractivity contribution in [3.8, 4) is 0 Å². The number of halogens is 1. The van der Waals surface area contributed by atoms with E-state index in [1.54, 1.807) is 18.4 Å². The molecule has 0 aromatic carbocycles. The molecule has 17 heavy (non-hydrogen) atoms. The van der Waals surface area contributed by atoms with Crippen LogP contribution in [0.25, 0.3) is 0 Å². The number of hydrogen-bond donors (Lipinski definition) is 1. The van der Waals surface area contributed by atoms with Gasteiger partial charge in [0.1, 0.15) is 0 Å². The molecule has 3 nitrogen and oxygen atoms in total. The largest absolute Gasteiger partial charge is 0.359 e. The van der Waals surface area contributed by atoms with Gasteiger partial charge in [0.2, 0.25) is 5.91 Å². The third-order valence-electron chi connectivity index (χ3n) is 3.21. The fourth-order valence-corrected chi connectivity index (χ4v) is 3.34. The molecule has 0 radical (unpaired) electrons. The van der Waals surface area contributed by atoms with Crippen molar-refractivity contribution in [3.05, 3.63) is 21.3 Å². The fraction of sp³-hybridized carbons (Fsp3) is 0.583. The van der Waals surface area contributed by atoms with E-state index in [0.717, 1.165) is 36.8 Å². The Balaban J connectivity index is 1.81. The minimum Gasteiger partial charge on any atom is -0.359 e. The van der Waals surface area contributed by atoms with Gasteiger partial charge in [0.15, 0.2) is 0 Å². The van der Waals surface area contributed by atoms with Gasteiger partial charge in [0.25, 0.3) is 0 Å². The van der Waals surface area contributed by atoms with Crippen LogP contribution in [0.3, 0.4) is 0 Å². The van der Waals surface area contributed by atoms with Crippen molar-refractivity contribution in [1.82, 2.24) is 10.2 Å². The van der Waals surface area contributed by atoms with E-state index < -0.39 is 0 Å². The van der Waals surface area contributed by atoms with Gasteiger partial charge in [-0.25, -0.2) is 0 Å². The number of piperidine rings is 1. The number of rotatable bonds is 3. The standard InChI is InChI=1S/C12H17ClN2OS/c1-14-12(16)9-4-6-15(7-5-9)8-10-2-3-11(13)17-10/h2-3,9H,4-8H2,1H3,(H,14,16). The highest BCUT2D eigenvalue weighted by Crippen LogP contribution is 2.25. The Morgan fingerprint density at radius 2 is 2.24 bits per heavy atom. The number of carbonyl (C=O) groups excluding carboxylic acids is 1. The molecule has 0 aliphatic carbocycles. The second-order valence-corrected chi connectivity index (χ2v) is 6.17. The molecule has 1 saturated heterocycles. The van der Waals surface area contributed by atoms with Crippen LogP contribution in [0.4, 0.5) is 0 Å². The average Bonchev–Trinajstić information content (AvgIpc) is 2.75. The van der Waals surface area contributed by atoms with Gasteiger partial charge in [-0.05, 0) is 38.1 Å². The molecule has 0 saturated carbocycles. The number of nitrogens with zero attached hydrogens (tertiary/aromatic N) is 1. The molecule has 1 N–H and O–H groups in total. The molecule has 5 heteroatoms. The maximum atomic E-state index is 11.5. The molecule has 2 heterocycles. The van der Waals surface area contributed by atoms with E-state index >= 15 is 0 Å². The Kier molecular flexibility index (Phi) is 4.42. The van der Waals surface area contributed by atoms with Crippen molar-refractivity contribution in [3.63, 3.8) is 0 Å². The first-order valence-corrected chi connectivity index (χ1v) is 7.06. The summed E-state index contributed by atoms with van der Waals surface area (Å²) in [6, 6.07) is 4.02. The lowest BCUT2D eigenvalue weighted by molar-refractivity contribution is -0.125. The molecule has 0 unspecified atom stereocenters. The lowest BCUT2D eigenvalue weighted by atomic mass is 9.96. The zero-order chi connectivity index (χ0) is 12.3. The molecule has 1 aliphatic heterocycles. The van der Waals surface area contributed by atoms with Gasteiger partial charge in [-0.15, -0.1) is 11.3 Å². The van der Waals surface area contributed by atoms with Crippen molar-refractivity contribution >= 4 is 28.8 Å². The number of hydrogen-bond acceptors (Lipinski definition) is 3. The van der Waals surface area contributed by atoms with Crippen molar-refractivity contribution < 1.29 is 4.79 Å². The van der Waals surface area contributed by atoms with Crippen LogP contribution in [0, 0.1) is 5.92 Å². The molecule has 2 rings (SSSR count). The summed E-state index contributed by atoms with van der Waals surface area (Å²) in [6.07, 6.45) is 1.91. The van der Waals surface area contributed by atoms with Crippen LogP contribution in [0.5, 0.6) is 0 Å². The quantitative estimate of drug-likeness (QED) is 0.916. The molecule has 1 fully saturated rings. The Morgan fingerprint density at radius 3 is 2.76 bits per heavy atom. The van der Waals surface area contributed by atoms with E-state index in [0.29, 0.717) is 0 Å². The highest BCUT2D eigenvalue weighted by atomic mass is 35.5. The number of carbonyl (C=O) groups is 1. The Labute approximate surface area is 111 Å². The van der Waals surface area contributed by atoms with Gasteiger partial charge in [-0.3, -0.25) is 9.69 Å². The average molecular weight is 273 g/mol. The summed E-state index contributed by atoms with van der Waals surface area (Å²) in [5.74, 6) is 0.381. The van der Waals surface area contributed by atoms with Crippen molar-refractivity contribution in [2.45, 2.75) is 19.4 Å². The van der Waals surface area contributed by atoms with Crippen LogP contribution in [-0.2, 0) is 11.3 Å². The first kappa shape index (κ1) is 12.9. The van der Waals surface area contributed by atoms with Crippen molar-refractivity contribution in [2.24, 2.45) is 5.92 Å². The van der Waals surface area contributed by atoms with E-state index in [1.807, 2.05) is 6.07 Å². The van der Waals surface area contributed by atoms with Crippen LogP contribution < -0.4 is 5.32 Å². The van der Waals surface area contributed by atoms with Gasteiger partial charge in [-0.2, -0.15) is 0 Å². The fourth-order valence-electron chi connectivity index (χ4n) is 2.21. The molecular formula is C12H17ClN2OS. The molecule has 0 atom stereocenters. The number of amides is 1. The summed E-state index contributed by atoms with van der Waals surface area (Å²) in [5, 5.41) is 2.73. The predicted octanol–water partition coefficient (Wildman–Crippen LogP) is 2.36. The van der Waals surface area contributed by atoms with Crippen LogP contribution >= 0.6 is 22.9 Å². The SMILES string of the molecule is CNC(=O)C1CCN(Cc2ccc(Cl)s2)CC1. The van der Waals surface area contributed by atoms with E-state index in [9.17, 15) is 4.79 Å². The third kappa shape index (κ3) is 3.44. The van der Waals surface area contributed by atoms with Gasteiger partial charge in [-0.1, -0.05) is 11.6 Å². The summed E-state index contributed by atoms with van der Waals surface area (Å²) in [7, 11) is 1.71. The lowest BCUT2D eigenvalue weighted by Gasteiger charge is -2.30. The zero-order valence-electron chi connectivity index (χ0n) is 9.91. The second-order valence-electron chi connectivity index (χ2n) is 4.37. The number of likely N-dealkylation sites (tertiary alicyclic amines) is 1. The van der Waals surface area contributed by atoms with Crippen molar-refractivity contribution in [1.29, 1.82) is 0 Å². The zero-order valence-corrected chi connectivity index (χ0v) is 11.5. The maximum absolute atomic E-state index is 11.5. The van der Waals surface area contributed by atoms with Crippen LogP contribution in [0.2, 0.25) is 4.34 Å². The summed E-state index contributed by atoms with van der Waals surface area (Å²) < 4.78 is 0.847. The van der Waals surface area contributed by atoms with Crippen LogP contribution in [-0.4, -0.2) is 30.9 Å². The minimum absolute atomic E-state index is 0.184. The van der Waals surface area contributed by atoms with E-state index in [-0.39, 0.29) is 11.8 Å². The van der Waals surface area contributed by atoms with E-state index in [4.69, 9.17) is 11.6 Å². The topological polar surface area (TPSA) is 32.3 Å². The molecule has 0 spiro atoms. The number of nitrogens with one attached hydrogen (secondary N) is 1. The summed E-state index contributed by atoms with van der Waals surface area (Å²) in [6.45, 7) is 2.94. The molecule has 0 bridgehead atoms. The molecular weight excluding hydrogens is 256 g/mol. The summed E-state index contributed by atoms with van der Waals surface area (Å²) in [5.41, 5.74) is 0. The first-order valence-electron chi connectivity index (χ1n) is 5.87. The molecule has 1 aromatic rings. The highest BCUT2D eigenvalue weighted by Gasteiger charge is 2.24.